The van der Waals surface area contributed by atoms with Crippen LogP contribution in [0.2, 0.25) is 0 Å². The molecular weight excluding hydrogens is 367 g/mol. The number of carboxylic acids is 4. The Morgan fingerprint density at radius 2 is 0.667 bits per heavy atom. The monoisotopic (exact) mass is 386 g/mol. The Kier molecular flexibility index (Phi) is 54.6. The van der Waals surface area contributed by atoms with Crippen molar-refractivity contribution in [1.29, 1.82) is 0 Å². The number of aliphatic hydroxyl groups excluding tert-OH is 1. The van der Waals surface area contributed by atoms with Crippen LogP contribution in [0.3, 0.4) is 0 Å². The van der Waals surface area contributed by atoms with Crippen LogP contribution in [0, 0.1) is 0 Å². The van der Waals surface area contributed by atoms with Crippen LogP contribution in [0.1, 0.15) is 41.5 Å². The molecule has 0 fully saturated rings. The van der Waals surface area contributed by atoms with Gasteiger partial charge in [0.05, 0.1) is 0 Å². The fraction of sp³-hybridized carbons (Fsp3) is 0.636. The summed E-state index contributed by atoms with van der Waals surface area (Å²) in [6, 6.07) is 0. The van der Waals surface area contributed by atoms with Crippen molar-refractivity contribution in [3.05, 3.63) is 0 Å². The van der Waals surface area contributed by atoms with Crippen molar-refractivity contribution in [2.24, 2.45) is 0 Å². The van der Waals surface area contributed by atoms with Crippen molar-refractivity contribution >= 4 is 23.9 Å². The second-order valence-corrected chi connectivity index (χ2v) is 3.06. The van der Waals surface area contributed by atoms with Gasteiger partial charge in [-0.05, 0) is 41.5 Å². The molecule has 0 atom stereocenters. The SMILES string of the molecule is CC(=O)[O-].CC(=O)[O-].CC(=O)[O-].CC(=O)[O-].CC(C)O.[Zr+4]. The molecule has 0 saturated heterocycles. The smallest absolute Gasteiger partial charge is 0.550 e. The average Bonchev–Trinajstić information content (AvgIpc) is 1.94. The quantitative estimate of drug-likeness (QED) is 0.427. The number of aliphatic carboxylic acids is 4. The van der Waals surface area contributed by atoms with Crippen LogP contribution in [-0.4, -0.2) is 35.1 Å². The Bertz CT molecular complexity index is 198. The van der Waals surface area contributed by atoms with E-state index >= 15 is 0 Å². The molecule has 21 heavy (non-hydrogen) atoms. The van der Waals surface area contributed by atoms with E-state index in [-0.39, 0.29) is 32.3 Å². The van der Waals surface area contributed by atoms with E-state index in [0.29, 0.717) is 0 Å². The van der Waals surface area contributed by atoms with Gasteiger partial charge in [-0.15, -0.1) is 0 Å². The van der Waals surface area contributed by atoms with Crippen molar-refractivity contribution in [3.8, 4) is 0 Å². The summed E-state index contributed by atoms with van der Waals surface area (Å²) in [7, 11) is 0. The van der Waals surface area contributed by atoms with Crippen LogP contribution in [0.25, 0.3) is 0 Å². The molecule has 0 bridgehead atoms. The van der Waals surface area contributed by atoms with Crippen LogP contribution < -0.4 is 20.4 Å². The van der Waals surface area contributed by atoms with Gasteiger partial charge in [-0.3, -0.25) is 0 Å². The molecule has 9 nitrogen and oxygen atoms in total. The number of hydrogen-bond donors (Lipinski definition) is 1. The van der Waals surface area contributed by atoms with Gasteiger partial charge in [0.1, 0.15) is 0 Å². The molecule has 0 spiro atoms. The van der Waals surface area contributed by atoms with Crippen molar-refractivity contribution < 1.29 is 70.9 Å². The molecule has 0 amide bonds. The first-order valence-electron chi connectivity index (χ1n) is 5.05. The van der Waals surface area contributed by atoms with E-state index in [2.05, 4.69) is 0 Å². The molecule has 0 aromatic carbocycles. The zero-order valence-corrected chi connectivity index (χ0v) is 15.2. The first-order chi connectivity index (χ1) is 8.66. The third kappa shape index (κ3) is 3210. The normalized spacial score (nSPS) is 6.48. The van der Waals surface area contributed by atoms with Gasteiger partial charge in [0.2, 0.25) is 0 Å². The van der Waals surface area contributed by atoms with Crippen molar-refractivity contribution in [2.45, 2.75) is 47.6 Å². The van der Waals surface area contributed by atoms with E-state index < -0.39 is 23.9 Å². The summed E-state index contributed by atoms with van der Waals surface area (Å²) in [4.78, 5) is 35.6. The first-order valence-corrected chi connectivity index (χ1v) is 5.05. The number of aliphatic hydroxyl groups is 1. The first kappa shape index (κ1) is 36.7. The molecule has 0 aliphatic rings. The summed E-state index contributed by atoms with van der Waals surface area (Å²) >= 11 is 0. The van der Waals surface area contributed by atoms with Crippen molar-refractivity contribution in [2.75, 3.05) is 0 Å². The van der Waals surface area contributed by atoms with Crippen molar-refractivity contribution in [1.82, 2.24) is 0 Å². The maximum atomic E-state index is 8.89. The van der Waals surface area contributed by atoms with Gasteiger partial charge in [-0.2, -0.15) is 0 Å². The fourth-order valence-electron chi connectivity index (χ4n) is 0. The predicted molar refractivity (Wildman–Crippen MR) is 60.1 cm³/mol. The van der Waals surface area contributed by atoms with Crippen LogP contribution >= 0.6 is 0 Å². The van der Waals surface area contributed by atoms with Gasteiger partial charge in [0.15, 0.2) is 0 Å². The van der Waals surface area contributed by atoms with E-state index in [9.17, 15) is 0 Å². The summed E-state index contributed by atoms with van der Waals surface area (Å²) in [5, 5.41) is 43.6. The third-order valence-corrected chi connectivity index (χ3v) is 0. The van der Waals surface area contributed by atoms with Gasteiger partial charge < -0.3 is 44.7 Å². The van der Waals surface area contributed by atoms with E-state index in [1.54, 1.807) is 13.8 Å². The standard InChI is InChI=1S/C3H8O.4C2H4O2.Zr/c1-3(2)4;4*1-2(3)4;/h3-4H,1-2H3;4*1H3,(H,3,4);/q;;;;;+4/p-4. The number of hydrogen-bond acceptors (Lipinski definition) is 9. The molecule has 0 aromatic rings. The summed E-state index contributed by atoms with van der Waals surface area (Å²) in [6.45, 7) is 7.33. The van der Waals surface area contributed by atoms with Crippen LogP contribution in [0.15, 0.2) is 0 Å². The largest absolute Gasteiger partial charge is 4.00 e. The minimum absolute atomic E-state index is 0. The molecule has 0 rings (SSSR count). The van der Waals surface area contributed by atoms with E-state index in [1.807, 2.05) is 0 Å². The Morgan fingerprint density at radius 1 is 0.667 bits per heavy atom. The molecule has 0 unspecified atom stereocenters. The fourth-order valence-corrected chi connectivity index (χ4v) is 0. The summed E-state index contributed by atoms with van der Waals surface area (Å²) in [5.41, 5.74) is 0. The zero-order valence-electron chi connectivity index (χ0n) is 12.8. The Balaban J connectivity index is -0.0000000331. The minimum Gasteiger partial charge on any atom is -0.550 e. The molecule has 0 radical (unpaired) electrons. The predicted octanol–water partition coefficient (Wildman–Crippen LogP) is -4.59. The molecule has 0 aliphatic heterocycles. The van der Waals surface area contributed by atoms with Gasteiger partial charge in [-0.25, -0.2) is 0 Å². The average molecular weight is 387 g/mol. The molecule has 122 valence electrons. The number of carbonyl (C=O) groups excluding carboxylic acids is 4. The Labute approximate surface area is 142 Å². The van der Waals surface area contributed by atoms with Crippen molar-refractivity contribution in [3.63, 3.8) is 0 Å². The van der Waals surface area contributed by atoms with E-state index in [1.165, 1.54) is 0 Å². The van der Waals surface area contributed by atoms with E-state index in [4.69, 9.17) is 44.7 Å². The van der Waals surface area contributed by atoms with Crippen LogP contribution in [0.4, 0.5) is 0 Å². The maximum absolute atomic E-state index is 8.89. The van der Waals surface area contributed by atoms with Gasteiger partial charge in [-0.1, -0.05) is 0 Å². The summed E-state index contributed by atoms with van der Waals surface area (Å²) < 4.78 is 0. The van der Waals surface area contributed by atoms with E-state index in [0.717, 1.165) is 27.7 Å². The summed E-state index contributed by atoms with van der Waals surface area (Å²) in [5.74, 6) is -4.33. The topological polar surface area (TPSA) is 181 Å². The van der Waals surface area contributed by atoms with Gasteiger partial charge in [0.25, 0.3) is 0 Å². The summed E-state index contributed by atoms with van der Waals surface area (Å²) in [6.07, 6.45) is -0.167. The molecular formula is C11H20O9Zr. The van der Waals surface area contributed by atoms with Gasteiger partial charge >= 0.3 is 26.2 Å². The van der Waals surface area contributed by atoms with Crippen LogP contribution in [-0.2, 0) is 45.4 Å². The number of carbonyl (C=O) groups is 4. The number of carboxylic acid groups (broad SMARTS) is 4. The third-order valence-electron chi connectivity index (χ3n) is 0. The molecule has 0 aromatic heterocycles. The molecule has 1 N–H and O–H groups in total. The molecule has 0 heterocycles. The second kappa shape index (κ2) is 31.2. The molecule has 0 aliphatic carbocycles. The minimum atomic E-state index is -1.08. The van der Waals surface area contributed by atoms with Crippen LogP contribution in [0.5, 0.6) is 0 Å². The molecule has 0 saturated carbocycles. The molecule has 10 heteroatoms. The Morgan fingerprint density at radius 3 is 0.667 bits per heavy atom. The van der Waals surface area contributed by atoms with Gasteiger partial charge in [0, 0.05) is 30.0 Å². The Hall–Kier alpha value is -1.28. The number of rotatable bonds is 0. The maximum Gasteiger partial charge on any atom is 4.00 e. The zero-order chi connectivity index (χ0) is 17.9. The second-order valence-electron chi connectivity index (χ2n) is 3.06.